The number of benzene rings is 1. The fraction of sp³-hybridized carbons (Fsp3) is 0.417. The van der Waals surface area contributed by atoms with E-state index in [9.17, 15) is 9.90 Å². The molecule has 0 unspecified atom stereocenters. The van der Waals surface area contributed by atoms with E-state index in [4.69, 9.17) is 4.74 Å². The van der Waals surface area contributed by atoms with Crippen molar-refractivity contribution in [2.75, 3.05) is 0 Å². The lowest BCUT2D eigenvalue weighted by atomic mass is 10.1. The van der Waals surface area contributed by atoms with Crippen LogP contribution in [-0.2, 0) is 10.1 Å². The second-order valence-corrected chi connectivity index (χ2v) is 5.01. The first kappa shape index (κ1) is 13.0. The number of phenols is 1. The van der Waals surface area contributed by atoms with Gasteiger partial charge >= 0.3 is 5.97 Å². The number of phenolic OH excluding ortho intramolecular Hbond substituents is 1. The number of esters is 1. The number of hydrogen-bond donors (Lipinski definition) is 1. The molecule has 0 saturated heterocycles. The molecule has 1 aromatic carbocycles. The van der Waals surface area contributed by atoms with Crippen LogP contribution in [0.1, 0.15) is 36.7 Å². The van der Waals surface area contributed by atoms with Gasteiger partial charge in [-0.25, -0.2) is 4.79 Å². The maximum Gasteiger partial charge on any atom is 0.342 e. The predicted octanol–water partition coefficient (Wildman–Crippen LogP) is 3.24. The number of carbonyl (C=O) groups is 1. The SMILES string of the molecule is CC(C)(C)OC(=O)c1c(O)cccc1CBr. The van der Waals surface area contributed by atoms with E-state index in [1.165, 1.54) is 6.07 Å². The van der Waals surface area contributed by atoms with Crippen LogP contribution in [0.3, 0.4) is 0 Å². The number of hydrogen-bond acceptors (Lipinski definition) is 3. The Balaban J connectivity index is 3.08. The van der Waals surface area contributed by atoms with Crippen molar-refractivity contribution in [3.05, 3.63) is 29.3 Å². The van der Waals surface area contributed by atoms with E-state index in [-0.39, 0.29) is 11.3 Å². The van der Waals surface area contributed by atoms with Crippen LogP contribution in [0.4, 0.5) is 0 Å². The van der Waals surface area contributed by atoms with Crippen LogP contribution >= 0.6 is 15.9 Å². The van der Waals surface area contributed by atoms with E-state index < -0.39 is 11.6 Å². The summed E-state index contributed by atoms with van der Waals surface area (Å²) in [6.07, 6.45) is 0. The zero-order valence-corrected chi connectivity index (χ0v) is 11.2. The molecule has 1 rings (SSSR count). The normalized spacial score (nSPS) is 11.2. The molecule has 0 aliphatic heterocycles. The third-order valence-electron chi connectivity index (χ3n) is 1.88. The van der Waals surface area contributed by atoms with Gasteiger partial charge in [0, 0.05) is 5.33 Å². The number of aromatic hydroxyl groups is 1. The van der Waals surface area contributed by atoms with Gasteiger partial charge in [-0.15, -0.1) is 0 Å². The predicted molar refractivity (Wildman–Crippen MR) is 65.9 cm³/mol. The van der Waals surface area contributed by atoms with Gasteiger partial charge in [0.05, 0.1) is 0 Å². The van der Waals surface area contributed by atoms with Gasteiger partial charge in [-0.05, 0) is 32.4 Å². The Morgan fingerprint density at radius 1 is 1.44 bits per heavy atom. The summed E-state index contributed by atoms with van der Waals surface area (Å²) in [7, 11) is 0. The van der Waals surface area contributed by atoms with Crippen LogP contribution in [-0.4, -0.2) is 16.7 Å². The summed E-state index contributed by atoms with van der Waals surface area (Å²) in [4.78, 5) is 11.9. The van der Waals surface area contributed by atoms with E-state index in [2.05, 4.69) is 15.9 Å². The van der Waals surface area contributed by atoms with Crippen molar-refractivity contribution in [2.45, 2.75) is 31.7 Å². The molecule has 0 atom stereocenters. The van der Waals surface area contributed by atoms with E-state index in [1.54, 1.807) is 32.9 Å². The second kappa shape index (κ2) is 4.87. The lowest BCUT2D eigenvalue weighted by Crippen LogP contribution is -2.24. The van der Waals surface area contributed by atoms with Crippen molar-refractivity contribution in [1.82, 2.24) is 0 Å². The topological polar surface area (TPSA) is 46.5 Å². The molecule has 0 heterocycles. The van der Waals surface area contributed by atoms with Gasteiger partial charge in [0.15, 0.2) is 0 Å². The molecule has 0 spiro atoms. The van der Waals surface area contributed by atoms with E-state index in [0.29, 0.717) is 10.9 Å². The van der Waals surface area contributed by atoms with E-state index in [0.717, 1.165) is 0 Å². The van der Waals surface area contributed by atoms with Crippen LogP contribution in [0.25, 0.3) is 0 Å². The Hall–Kier alpha value is -1.03. The van der Waals surface area contributed by atoms with Gasteiger partial charge in [-0.3, -0.25) is 0 Å². The van der Waals surface area contributed by atoms with Crippen LogP contribution in [0.2, 0.25) is 0 Å². The molecule has 0 saturated carbocycles. The van der Waals surface area contributed by atoms with Gasteiger partial charge in [0.2, 0.25) is 0 Å². The standard InChI is InChI=1S/C12H15BrO3/c1-12(2,3)16-11(15)10-8(7-13)5-4-6-9(10)14/h4-6,14H,7H2,1-3H3. The summed E-state index contributed by atoms with van der Waals surface area (Å²) in [6, 6.07) is 4.94. The van der Waals surface area contributed by atoms with Crippen LogP contribution in [0.15, 0.2) is 18.2 Å². The molecule has 3 nitrogen and oxygen atoms in total. The number of halogens is 1. The average molecular weight is 287 g/mol. The van der Waals surface area contributed by atoms with Crippen LogP contribution in [0, 0.1) is 0 Å². The molecule has 88 valence electrons. The molecule has 0 aliphatic rings. The third kappa shape index (κ3) is 3.23. The largest absolute Gasteiger partial charge is 0.507 e. The zero-order chi connectivity index (χ0) is 12.3. The molecule has 16 heavy (non-hydrogen) atoms. The highest BCUT2D eigenvalue weighted by molar-refractivity contribution is 9.08. The first-order valence-corrected chi connectivity index (χ1v) is 6.07. The van der Waals surface area contributed by atoms with Crippen molar-refractivity contribution < 1.29 is 14.6 Å². The minimum Gasteiger partial charge on any atom is -0.507 e. The lowest BCUT2D eigenvalue weighted by Gasteiger charge is -2.20. The molecule has 4 heteroatoms. The van der Waals surface area contributed by atoms with Gasteiger partial charge in [0.1, 0.15) is 16.9 Å². The number of alkyl halides is 1. The van der Waals surface area contributed by atoms with E-state index >= 15 is 0 Å². The Labute approximate surface area is 104 Å². The monoisotopic (exact) mass is 286 g/mol. The molecule has 0 amide bonds. The highest BCUT2D eigenvalue weighted by Crippen LogP contribution is 2.25. The lowest BCUT2D eigenvalue weighted by molar-refractivity contribution is 0.00660. The Bertz CT molecular complexity index is 394. The second-order valence-electron chi connectivity index (χ2n) is 4.45. The third-order valence-corrected chi connectivity index (χ3v) is 2.48. The van der Waals surface area contributed by atoms with Gasteiger partial charge in [-0.2, -0.15) is 0 Å². The summed E-state index contributed by atoms with van der Waals surface area (Å²) >= 11 is 3.27. The Morgan fingerprint density at radius 3 is 2.56 bits per heavy atom. The minimum absolute atomic E-state index is 0.0498. The molecule has 1 N–H and O–H groups in total. The first-order chi connectivity index (χ1) is 7.35. The molecule has 0 aromatic heterocycles. The van der Waals surface area contributed by atoms with Gasteiger partial charge < -0.3 is 9.84 Å². The summed E-state index contributed by atoms with van der Waals surface area (Å²) in [5, 5.41) is 10.2. The van der Waals surface area contributed by atoms with Crippen molar-refractivity contribution in [3.63, 3.8) is 0 Å². The van der Waals surface area contributed by atoms with Crippen LogP contribution < -0.4 is 0 Å². The Morgan fingerprint density at radius 2 is 2.06 bits per heavy atom. The van der Waals surface area contributed by atoms with E-state index in [1.807, 2.05) is 0 Å². The maximum absolute atomic E-state index is 11.9. The summed E-state index contributed by atoms with van der Waals surface area (Å²) in [5.74, 6) is -0.550. The summed E-state index contributed by atoms with van der Waals surface area (Å²) < 4.78 is 5.23. The Kier molecular flexibility index (Phi) is 3.97. The summed E-state index contributed by atoms with van der Waals surface area (Å²) in [5.41, 5.74) is 0.381. The molecule has 0 radical (unpaired) electrons. The van der Waals surface area contributed by atoms with Crippen molar-refractivity contribution in [2.24, 2.45) is 0 Å². The average Bonchev–Trinajstić information content (AvgIpc) is 2.14. The van der Waals surface area contributed by atoms with Crippen molar-refractivity contribution in [3.8, 4) is 5.75 Å². The van der Waals surface area contributed by atoms with Gasteiger partial charge in [0.25, 0.3) is 0 Å². The highest BCUT2D eigenvalue weighted by atomic mass is 79.9. The quantitative estimate of drug-likeness (QED) is 0.671. The zero-order valence-electron chi connectivity index (χ0n) is 9.58. The highest BCUT2D eigenvalue weighted by Gasteiger charge is 2.22. The van der Waals surface area contributed by atoms with Gasteiger partial charge in [-0.1, -0.05) is 28.1 Å². The molecule has 0 aliphatic carbocycles. The molecule has 0 fully saturated rings. The maximum atomic E-state index is 11.9. The summed E-state index contributed by atoms with van der Waals surface area (Å²) in [6.45, 7) is 5.37. The number of ether oxygens (including phenoxy) is 1. The van der Waals surface area contributed by atoms with Crippen molar-refractivity contribution >= 4 is 21.9 Å². The number of carbonyl (C=O) groups excluding carboxylic acids is 1. The minimum atomic E-state index is -0.567. The van der Waals surface area contributed by atoms with Crippen LogP contribution in [0.5, 0.6) is 5.75 Å². The molecule has 0 bridgehead atoms. The smallest absolute Gasteiger partial charge is 0.342 e. The molecular weight excluding hydrogens is 272 g/mol. The fourth-order valence-electron chi connectivity index (χ4n) is 1.26. The molecular formula is C12H15BrO3. The van der Waals surface area contributed by atoms with Crippen molar-refractivity contribution in [1.29, 1.82) is 0 Å². The number of rotatable bonds is 2. The fourth-order valence-corrected chi connectivity index (χ4v) is 1.73. The first-order valence-electron chi connectivity index (χ1n) is 4.95. The molecule has 1 aromatic rings.